The van der Waals surface area contributed by atoms with Gasteiger partial charge in [-0.1, -0.05) is 54.6 Å². The van der Waals surface area contributed by atoms with Crippen molar-refractivity contribution in [1.29, 1.82) is 5.26 Å². The number of methoxy groups -OCH3 is 1. The number of nitriles is 1. The van der Waals surface area contributed by atoms with Gasteiger partial charge in [-0.2, -0.15) is 18.4 Å². The highest BCUT2D eigenvalue weighted by Crippen LogP contribution is 2.25. The third kappa shape index (κ3) is 9.44. The maximum atomic E-state index is 12.5. The van der Waals surface area contributed by atoms with E-state index in [0.717, 1.165) is 36.0 Å². The summed E-state index contributed by atoms with van der Waals surface area (Å²) in [6, 6.07) is 24.2. The quantitative estimate of drug-likeness (QED) is 0.182. The summed E-state index contributed by atoms with van der Waals surface area (Å²) in [5.74, 6) is 0.285. The van der Waals surface area contributed by atoms with Gasteiger partial charge in [0.05, 0.1) is 30.9 Å². The average molecular weight is 522 g/mol. The third-order valence-electron chi connectivity index (χ3n) is 6.09. The molecule has 7 heteroatoms. The summed E-state index contributed by atoms with van der Waals surface area (Å²) >= 11 is 0. The van der Waals surface area contributed by atoms with E-state index in [1.165, 1.54) is 7.11 Å². The molecule has 0 aliphatic heterocycles. The third-order valence-corrected chi connectivity index (χ3v) is 6.09. The number of para-hydroxylation sites is 1. The van der Waals surface area contributed by atoms with E-state index < -0.39 is 12.6 Å². The molecular formula is C31H30F3NO3. The van der Waals surface area contributed by atoms with Crippen molar-refractivity contribution in [2.45, 2.75) is 38.3 Å². The van der Waals surface area contributed by atoms with Crippen LogP contribution in [0.4, 0.5) is 13.2 Å². The Labute approximate surface area is 221 Å². The number of hydrogen-bond donors (Lipinski definition) is 0. The van der Waals surface area contributed by atoms with Crippen molar-refractivity contribution in [3.8, 4) is 11.8 Å². The first-order valence-electron chi connectivity index (χ1n) is 12.4. The molecule has 0 radical (unpaired) electrons. The normalized spacial score (nSPS) is 12.2. The van der Waals surface area contributed by atoms with Crippen LogP contribution in [0.5, 0.6) is 5.75 Å². The fourth-order valence-corrected chi connectivity index (χ4v) is 4.01. The van der Waals surface area contributed by atoms with Crippen molar-refractivity contribution < 1.29 is 27.4 Å². The summed E-state index contributed by atoms with van der Waals surface area (Å²) < 4.78 is 47.8. The van der Waals surface area contributed by atoms with Crippen molar-refractivity contribution in [3.05, 3.63) is 107 Å². The van der Waals surface area contributed by atoms with Gasteiger partial charge < -0.3 is 9.47 Å². The number of aryl methyl sites for hydroxylation is 1. The Balaban J connectivity index is 1.73. The molecule has 1 atom stereocenters. The zero-order valence-corrected chi connectivity index (χ0v) is 21.2. The lowest BCUT2D eigenvalue weighted by molar-refractivity contribution is -0.136. The number of ether oxygens (including phenoxy) is 2. The van der Waals surface area contributed by atoms with E-state index in [9.17, 15) is 18.0 Å². The number of allylic oxidation sites excluding steroid dienone is 1. The molecular weight excluding hydrogens is 491 g/mol. The van der Waals surface area contributed by atoms with Gasteiger partial charge in [0, 0.05) is 12.0 Å². The molecule has 0 aromatic heterocycles. The van der Waals surface area contributed by atoms with E-state index in [0.29, 0.717) is 16.9 Å². The van der Waals surface area contributed by atoms with Gasteiger partial charge >= 0.3 is 12.1 Å². The molecule has 0 amide bonds. The number of carbonyl (C=O) groups excluding carboxylic acids is 1. The second kappa shape index (κ2) is 14.0. The van der Waals surface area contributed by atoms with Crippen molar-refractivity contribution >= 4 is 12.0 Å². The Morgan fingerprint density at radius 2 is 1.68 bits per heavy atom. The Morgan fingerprint density at radius 1 is 1.00 bits per heavy atom. The van der Waals surface area contributed by atoms with Crippen LogP contribution in [0, 0.1) is 17.2 Å². The molecule has 0 spiro atoms. The minimum absolute atomic E-state index is 0.0149. The number of benzene rings is 3. The molecule has 0 saturated heterocycles. The minimum atomic E-state index is -4.19. The van der Waals surface area contributed by atoms with Crippen molar-refractivity contribution in [3.63, 3.8) is 0 Å². The fraction of sp³-hybridized carbons (Fsp3) is 0.290. The predicted octanol–water partition coefficient (Wildman–Crippen LogP) is 7.57. The number of nitrogens with zero attached hydrogens (tertiary/aromatic N) is 1. The average Bonchev–Trinajstić information content (AvgIpc) is 2.92. The Hall–Kier alpha value is -4.05. The molecule has 3 rings (SSSR count). The zero-order valence-electron chi connectivity index (χ0n) is 21.2. The molecule has 3 aromatic carbocycles. The van der Waals surface area contributed by atoms with Gasteiger partial charge in [0.15, 0.2) is 0 Å². The molecule has 3 aromatic rings. The molecule has 0 aliphatic carbocycles. The number of halogens is 3. The van der Waals surface area contributed by atoms with Crippen LogP contribution in [0.2, 0.25) is 0 Å². The Kier molecular flexibility index (Phi) is 10.5. The number of rotatable bonds is 12. The lowest BCUT2D eigenvalue weighted by Gasteiger charge is -2.15. The number of carbonyl (C=O) groups is 1. The van der Waals surface area contributed by atoms with Crippen LogP contribution in [-0.4, -0.2) is 25.9 Å². The fourth-order valence-electron chi connectivity index (χ4n) is 4.01. The minimum Gasteiger partial charge on any atom is -0.493 e. The Morgan fingerprint density at radius 3 is 2.34 bits per heavy atom. The molecule has 0 N–H and O–H groups in total. The van der Waals surface area contributed by atoms with Crippen LogP contribution in [-0.2, 0) is 17.6 Å². The van der Waals surface area contributed by atoms with Crippen molar-refractivity contribution in [2.24, 2.45) is 5.92 Å². The van der Waals surface area contributed by atoms with Gasteiger partial charge in [0.1, 0.15) is 5.75 Å². The molecule has 198 valence electrons. The monoisotopic (exact) mass is 521 g/mol. The van der Waals surface area contributed by atoms with Gasteiger partial charge in [-0.15, -0.1) is 0 Å². The summed E-state index contributed by atoms with van der Waals surface area (Å²) in [5, 5.41) is 9.04. The topological polar surface area (TPSA) is 59.3 Å². The highest BCUT2D eigenvalue weighted by atomic mass is 19.4. The van der Waals surface area contributed by atoms with Gasteiger partial charge in [-0.3, -0.25) is 0 Å². The van der Waals surface area contributed by atoms with E-state index in [2.05, 4.69) is 12.1 Å². The molecule has 0 saturated carbocycles. The van der Waals surface area contributed by atoms with Gasteiger partial charge in [-0.05, 0) is 73.1 Å². The van der Waals surface area contributed by atoms with Crippen LogP contribution in [0.1, 0.15) is 51.9 Å². The van der Waals surface area contributed by atoms with Crippen LogP contribution in [0.3, 0.4) is 0 Å². The van der Waals surface area contributed by atoms with E-state index in [4.69, 9.17) is 14.7 Å². The van der Waals surface area contributed by atoms with E-state index >= 15 is 0 Å². The summed E-state index contributed by atoms with van der Waals surface area (Å²) in [5.41, 5.74) is 4.07. The lowest BCUT2D eigenvalue weighted by Crippen LogP contribution is -2.10. The van der Waals surface area contributed by atoms with E-state index in [1.54, 1.807) is 36.4 Å². The van der Waals surface area contributed by atoms with Crippen LogP contribution in [0.25, 0.3) is 6.08 Å². The predicted molar refractivity (Wildman–Crippen MR) is 141 cm³/mol. The van der Waals surface area contributed by atoms with Gasteiger partial charge in [0.2, 0.25) is 0 Å². The molecule has 0 fully saturated rings. The molecule has 1 unspecified atom stereocenters. The summed E-state index contributed by atoms with van der Waals surface area (Å²) in [6.07, 6.45) is 1.23. The summed E-state index contributed by atoms with van der Waals surface area (Å²) in [7, 11) is 1.35. The lowest BCUT2D eigenvalue weighted by atomic mass is 9.91. The highest BCUT2D eigenvalue weighted by molar-refractivity contribution is 5.89. The molecule has 0 heterocycles. The summed E-state index contributed by atoms with van der Waals surface area (Å²) in [4.78, 5) is 11.8. The smallest absolute Gasteiger partial charge is 0.389 e. The molecule has 4 nitrogen and oxygen atoms in total. The number of esters is 1. The van der Waals surface area contributed by atoms with Crippen LogP contribution >= 0.6 is 0 Å². The largest absolute Gasteiger partial charge is 0.493 e. The first kappa shape index (κ1) is 28.5. The highest BCUT2D eigenvalue weighted by Gasteiger charge is 2.26. The number of alkyl halides is 3. The first-order valence-corrected chi connectivity index (χ1v) is 12.4. The first-order chi connectivity index (χ1) is 18.3. The van der Waals surface area contributed by atoms with Crippen molar-refractivity contribution in [2.75, 3.05) is 13.7 Å². The molecule has 38 heavy (non-hydrogen) atoms. The maximum Gasteiger partial charge on any atom is 0.389 e. The van der Waals surface area contributed by atoms with Crippen LogP contribution in [0.15, 0.2) is 78.9 Å². The zero-order chi connectivity index (χ0) is 27.4. The van der Waals surface area contributed by atoms with Crippen LogP contribution < -0.4 is 4.74 Å². The van der Waals surface area contributed by atoms with E-state index in [-0.39, 0.29) is 24.9 Å². The van der Waals surface area contributed by atoms with Gasteiger partial charge in [0.25, 0.3) is 0 Å². The maximum absolute atomic E-state index is 12.5. The Bertz CT molecular complexity index is 1240. The second-order valence-electron chi connectivity index (χ2n) is 8.96. The van der Waals surface area contributed by atoms with E-state index in [1.807, 2.05) is 42.5 Å². The van der Waals surface area contributed by atoms with Gasteiger partial charge in [-0.25, -0.2) is 4.79 Å². The standard InChI is InChI=1S/C31H30F3NO3/c1-37-30(36)28-17-14-25(15-18-28)21-24(10-7-23-8-11-26(22-35)12-9-23)13-16-27-5-2-3-6-29(27)38-20-4-19-31(32,33)34/h2-3,5-6,8-9,11-18,24H,4,7,10,19-21H2,1H3. The second-order valence-corrected chi connectivity index (χ2v) is 8.96. The van der Waals surface area contributed by atoms with Crippen molar-refractivity contribution in [1.82, 2.24) is 0 Å². The molecule has 0 bridgehead atoms. The SMILES string of the molecule is COC(=O)c1ccc(CC(C=Cc2ccccc2OCCCC(F)(F)F)CCc2ccc(C#N)cc2)cc1. The molecule has 0 aliphatic rings. The summed E-state index contributed by atoms with van der Waals surface area (Å²) in [6.45, 7) is -0.0149. The number of hydrogen-bond acceptors (Lipinski definition) is 4.